The highest BCUT2D eigenvalue weighted by Gasteiger charge is 2.28. The molecule has 9 heteroatoms. The fourth-order valence-electron chi connectivity index (χ4n) is 2.14. The van der Waals surface area contributed by atoms with Gasteiger partial charge >= 0.3 is 0 Å². The van der Waals surface area contributed by atoms with Crippen molar-refractivity contribution in [1.29, 1.82) is 0 Å². The van der Waals surface area contributed by atoms with Gasteiger partial charge in [-0.15, -0.1) is 0 Å². The lowest BCUT2D eigenvalue weighted by atomic mass is 10.2. The zero-order chi connectivity index (χ0) is 16.3. The van der Waals surface area contributed by atoms with Crippen molar-refractivity contribution in [2.75, 3.05) is 18.1 Å². The number of nitrogens with one attached hydrogen (secondary N) is 1. The summed E-state index contributed by atoms with van der Waals surface area (Å²) in [5.41, 5.74) is 5.28. The van der Waals surface area contributed by atoms with Crippen LogP contribution < -0.4 is 15.8 Å². The van der Waals surface area contributed by atoms with E-state index in [1.165, 1.54) is 18.2 Å². The van der Waals surface area contributed by atoms with Crippen LogP contribution in [0.4, 0.5) is 0 Å². The molecule has 1 saturated heterocycles. The van der Waals surface area contributed by atoms with Crippen molar-refractivity contribution in [2.24, 2.45) is 5.73 Å². The lowest BCUT2D eigenvalue weighted by molar-refractivity contribution is -0.123. The van der Waals surface area contributed by atoms with E-state index in [4.69, 9.17) is 22.1 Å². The summed E-state index contributed by atoms with van der Waals surface area (Å²) in [7, 11) is -3.06. The summed E-state index contributed by atoms with van der Waals surface area (Å²) in [4.78, 5) is 23.0. The third-order valence-corrected chi connectivity index (χ3v) is 5.17. The Labute approximate surface area is 132 Å². The molecule has 1 aliphatic heterocycles. The molecule has 1 aromatic rings. The van der Waals surface area contributed by atoms with Gasteiger partial charge in [-0.3, -0.25) is 9.59 Å². The molecular formula is C13H15ClN2O5S. The first-order valence-corrected chi connectivity index (χ1v) is 8.69. The van der Waals surface area contributed by atoms with E-state index >= 15 is 0 Å². The zero-order valence-electron chi connectivity index (χ0n) is 11.5. The Bertz CT molecular complexity index is 704. The Morgan fingerprint density at radius 1 is 1.41 bits per heavy atom. The fourth-order valence-corrected chi connectivity index (χ4v) is 3.99. The second kappa shape index (κ2) is 6.53. The van der Waals surface area contributed by atoms with Crippen LogP contribution in [0.2, 0.25) is 5.02 Å². The SMILES string of the molecule is NC(=O)c1cc(Cl)ccc1OCC(=O)N[C@H]1CCS(=O)(=O)C1. The van der Waals surface area contributed by atoms with E-state index in [0.717, 1.165) is 0 Å². The molecule has 1 heterocycles. The molecule has 0 saturated carbocycles. The van der Waals surface area contributed by atoms with E-state index in [1.807, 2.05) is 0 Å². The van der Waals surface area contributed by atoms with Crippen LogP contribution in [0.5, 0.6) is 5.75 Å². The molecular weight excluding hydrogens is 332 g/mol. The second-order valence-electron chi connectivity index (χ2n) is 4.96. The summed E-state index contributed by atoms with van der Waals surface area (Å²) in [5, 5.41) is 2.90. The number of rotatable bonds is 5. The molecule has 1 fully saturated rings. The minimum absolute atomic E-state index is 0.0633. The lowest BCUT2D eigenvalue weighted by Gasteiger charge is -2.13. The highest BCUT2D eigenvalue weighted by atomic mass is 35.5. The Morgan fingerprint density at radius 3 is 2.73 bits per heavy atom. The Morgan fingerprint density at radius 2 is 2.14 bits per heavy atom. The highest BCUT2D eigenvalue weighted by molar-refractivity contribution is 7.91. The van der Waals surface area contributed by atoms with Crippen LogP contribution in [0.15, 0.2) is 18.2 Å². The van der Waals surface area contributed by atoms with Crippen molar-refractivity contribution < 1.29 is 22.7 Å². The molecule has 120 valence electrons. The third kappa shape index (κ3) is 4.35. The predicted molar refractivity (Wildman–Crippen MR) is 80.7 cm³/mol. The molecule has 22 heavy (non-hydrogen) atoms. The summed E-state index contributed by atoms with van der Waals surface area (Å²) in [6, 6.07) is 3.89. The van der Waals surface area contributed by atoms with E-state index in [-0.39, 0.29) is 29.4 Å². The topological polar surface area (TPSA) is 116 Å². The van der Waals surface area contributed by atoms with Gasteiger partial charge in [-0.1, -0.05) is 11.6 Å². The van der Waals surface area contributed by atoms with Gasteiger partial charge in [-0.2, -0.15) is 0 Å². The maximum Gasteiger partial charge on any atom is 0.258 e. The molecule has 1 aliphatic rings. The third-order valence-electron chi connectivity index (χ3n) is 3.16. The minimum atomic E-state index is -3.06. The standard InChI is InChI=1S/C13H15ClN2O5S/c14-8-1-2-11(10(5-8)13(15)18)21-6-12(17)16-9-3-4-22(19,20)7-9/h1-2,5,9H,3-4,6-7H2,(H2,15,18)(H,16,17)/t9-/m0/s1. The lowest BCUT2D eigenvalue weighted by Crippen LogP contribution is -2.38. The number of hydrogen-bond acceptors (Lipinski definition) is 5. The van der Waals surface area contributed by atoms with Crippen LogP contribution in [0.3, 0.4) is 0 Å². The van der Waals surface area contributed by atoms with E-state index in [2.05, 4.69) is 5.32 Å². The van der Waals surface area contributed by atoms with Crippen molar-refractivity contribution >= 4 is 33.3 Å². The summed E-state index contributed by atoms with van der Waals surface area (Å²) in [6.45, 7) is -0.349. The molecule has 2 rings (SSSR count). The van der Waals surface area contributed by atoms with Gasteiger partial charge in [0.25, 0.3) is 11.8 Å². The fraction of sp³-hybridized carbons (Fsp3) is 0.385. The first-order valence-electron chi connectivity index (χ1n) is 6.49. The minimum Gasteiger partial charge on any atom is -0.483 e. The molecule has 0 radical (unpaired) electrons. The van der Waals surface area contributed by atoms with Gasteiger partial charge in [-0.25, -0.2) is 8.42 Å². The summed E-state index contributed by atoms with van der Waals surface area (Å²) >= 11 is 5.76. The highest BCUT2D eigenvalue weighted by Crippen LogP contribution is 2.22. The van der Waals surface area contributed by atoms with Gasteiger partial charge in [0, 0.05) is 11.1 Å². The number of ether oxygens (including phenoxy) is 1. The predicted octanol–water partition coefficient (Wildman–Crippen LogP) is 0.121. The van der Waals surface area contributed by atoms with Crippen molar-refractivity contribution in [3.05, 3.63) is 28.8 Å². The Hall–Kier alpha value is -1.80. The van der Waals surface area contributed by atoms with Crippen LogP contribution >= 0.6 is 11.6 Å². The van der Waals surface area contributed by atoms with E-state index in [1.54, 1.807) is 0 Å². The van der Waals surface area contributed by atoms with E-state index in [9.17, 15) is 18.0 Å². The zero-order valence-corrected chi connectivity index (χ0v) is 13.1. The van der Waals surface area contributed by atoms with Gasteiger partial charge in [0.2, 0.25) is 0 Å². The van der Waals surface area contributed by atoms with Crippen LogP contribution in [-0.4, -0.2) is 44.4 Å². The molecule has 3 N–H and O–H groups in total. The number of carbonyl (C=O) groups excluding carboxylic acids is 2. The van der Waals surface area contributed by atoms with Crippen molar-refractivity contribution in [1.82, 2.24) is 5.32 Å². The number of hydrogen-bond donors (Lipinski definition) is 2. The summed E-state index contributed by atoms with van der Waals surface area (Å²) < 4.78 is 27.9. The van der Waals surface area contributed by atoms with Crippen LogP contribution in [-0.2, 0) is 14.6 Å². The van der Waals surface area contributed by atoms with Crippen LogP contribution in [0.1, 0.15) is 16.8 Å². The number of carbonyl (C=O) groups is 2. The van der Waals surface area contributed by atoms with Gasteiger partial charge in [0.1, 0.15) is 5.75 Å². The normalized spacial score (nSPS) is 19.6. The van der Waals surface area contributed by atoms with E-state index < -0.39 is 27.7 Å². The molecule has 2 amide bonds. The van der Waals surface area contributed by atoms with Crippen LogP contribution in [0, 0.1) is 0 Å². The molecule has 0 aromatic heterocycles. The van der Waals surface area contributed by atoms with Crippen molar-refractivity contribution in [2.45, 2.75) is 12.5 Å². The first-order chi connectivity index (χ1) is 10.3. The maximum atomic E-state index is 11.8. The molecule has 0 aliphatic carbocycles. The number of amides is 2. The van der Waals surface area contributed by atoms with Crippen molar-refractivity contribution in [3.8, 4) is 5.75 Å². The molecule has 1 atom stereocenters. The maximum absolute atomic E-state index is 11.8. The largest absolute Gasteiger partial charge is 0.483 e. The smallest absolute Gasteiger partial charge is 0.258 e. The van der Waals surface area contributed by atoms with Crippen LogP contribution in [0.25, 0.3) is 0 Å². The second-order valence-corrected chi connectivity index (χ2v) is 7.63. The molecule has 0 bridgehead atoms. The number of primary amides is 1. The Kier molecular flexibility index (Phi) is 4.92. The van der Waals surface area contributed by atoms with Gasteiger partial charge in [0.05, 0.1) is 17.1 Å². The summed E-state index contributed by atoms with van der Waals surface area (Å²) in [5.74, 6) is -1.04. The first kappa shape index (κ1) is 16.6. The number of benzene rings is 1. The van der Waals surface area contributed by atoms with Gasteiger partial charge in [0.15, 0.2) is 16.4 Å². The summed E-state index contributed by atoms with van der Waals surface area (Å²) in [6.07, 6.45) is 0.390. The monoisotopic (exact) mass is 346 g/mol. The number of halogens is 1. The molecule has 1 aromatic carbocycles. The van der Waals surface area contributed by atoms with Gasteiger partial charge < -0.3 is 15.8 Å². The quantitative estimate of drug-likeness (QED) is 0.785. The molecule has 0 unspecified atom stereocenters. The molecule has 7 nitrogen and oxygen atoms in total. The average molecular weight is 347 g/mol. The van der Waals surface area contributed by atoms with Crippen molar-refractivity contribution in [3.63, 3.8) is 0 Å². The average Bonchev–Trinajstić information content (AvgIpc) is 2.76. The van der Waals surface area contributed by atoms with Gasteiger partial charge in [-0.05, 0) is 24.6 Å². The number of sulfone groups is 1. The number of nitrogens with two attached hydrogens (primary N) is 1. The molecule has 0 spiro atoms. The van der Waals surface area contributed by atoms with E-state index in [0.29, 0.717) is 11.4 Å². The Balaban J connectivity index is 1.93.